The average molecular weight is 311 g/mol. The maximum Gasteiger partial charge on any atom is 0.0580 e. The van der Waals surface area contributed by atoms with Crippen molar-refractivity contribution in [2.75, 3.05) is 5.32 Å². The molecule has 1 unspecified atom stereocenters. The van der Waals surface area contributed by atoms with Gasteiger partial charge in [-0.05, 0) is 42.7 Å². The summed E-state index contributed by atoms with van der Waals surface area (Å²) >= 11 is 0. The number of aliphatic hydroxyl groups is 1. The minimum Gasteiger partial charge on any atom is -0.393 e. The lowest BCUT2D eigenvalue weighted by Crippen LogP contribution is -2.10. The summed E-state index contributed by atoms with van der Waals surface area (Å²) in [6, 6.07) is 18.5. The Bertz CT molecular complexity index is 536. The fraction of sp³-hybridized carbons (Fsp3) is 0.429. The highest BCUT2D eigenvalue weighted by molar-refractivity contribution is 5.59. The van der Waals surface area contributed by atoms with Gasteiger partial charge in [0, 0.05) is 11.4 Å². The Kier molecular flexibility index (Phi) is 7.68. The summed E-state index contributed by atoms with van der Waals surface area (Å²) in [5, 5.41) is 13.5. The summed E-state index contributed by atoms with van der Waals surface area (Å²) in [5.41, 5.74) is 3.37. The molecule has 0 radical (unpaired) electrons. The lowest BCUT2D eigenvalue weighted by molar-refractivity contribution is 0.161. The van der Waals surface area contributed by atoms with E-state index in [9.17, 15) is 5.11 Å². The van der Waals surface area contributed by atoms with Crippen LogP contribution < -0.4 is 5.32 Å². The molecule has 0 saturated carbocycles. The van der Waals surface area contributed by atoms with Crippen LogP contribution in [0.25, 0.3) is 0 Å². The molecule has 0 amide bonds. The Balaban J connectivity index is 1.74. The van der Waals surface area contributed by atoms with Gasteiger partial charge in [-0.1, -0.05) is 69.4 Å². The van der Waals surface area contributed by atoms with Crippen LogP contribution in [0.15, 0.2) is 54.6 Å². The molecule has 2 aromatic rings. The molecule has 2 N–H and O–H groups in total. The summed E-state index contributed by atoms with van der Waals surface area (Å²) < 4.78 is 0. The number of nitrogens with one attached hydrogen (secondary N) is 1. The van der Waals surface area contributed by atoms with Gasteiger partial charge in [-0.25, -0.2) is 0 Å². The van der Waals surface area contributed by atoms with Gasteiger partial charge in [-0.3, -0.25) is 0 Å². The summed E-state index contributed by atoms with van der Waals surface area (Å²) in [6.07, 6.45) is 7.69. The Morgan fingerprint density at radius 3 is 2.17 bits per heavy atom. The van der Waals surface area contributed by atoms with Crippen LogP contribution in [0, 0.1) is 0 Å². The van der Waals surface area contributed by atoms with Crippen LogP contribution in [-0.2, 0) is 6.42 Å². The van der Waals surface area contributed by atoms with Crippen LogP contribution in [0.3, 0.4) is 0 Å². The molecule has 2 rings (SSSR count). The smallest absolute Gasteiger partial charge is 0.0580 e. The van der Waals surface area contributed by atoms with Gasteiger partial charge in [0.1, 0.15) is 0 Å². The zero-order chi connectivity index (χ0) is 16.3. The molecular formula is C21H29NO. The molecule has 0 bridgehead atoms. The van der Waals surface area contributed by atoms with Crippen molar-refractivity contribution in [1.82, 2.24) is 0 Å². The number of rotatable bonds is 10. The Morgan fingerprint density at radius 2 is 1.48 bits per heavy atom. The number of unbranched alkanes of at least 4 members (excludes halogenated alkanes) is 4. The van der Waals surface area contributed by atoms with E-state index in [-0.39, 0.29) is 6.10 Å². The number of hydrogen-bond donors (Lipinski definition) is 2. The van der Waals surface area contributed by atoms with E-state index in [0.29, 0.717) is 0 Å². The van der Waals surface area contributed by atoms with Crippen molar-refractivity contribution in [3.05, 3.63) is 60.2 Å². The molecule has 0 fully saturated rings. The van der Waals surface area contributed by atoms with Crippen molar-refractivity contribution >= 4 is 11.4 Å². The first-order valence-corrected chi connectivity index (χ1v) is 8.87. The summed E-state index contributed by atoms with van der Waals surface area (Å²) in [4.78, 5) is 0. The molecule has 0 aliphatic rings. The largest absolute Gasteiger partial charge is 0.393 e. The highest BCUT2D eigenvalue weighted by Crippen LogP contribution is 2.18. The average Bonchev–Trinajstić information content (AvgIpc) is 2.57. The number of anilines is 2. The fourth-order valence-electron chi connectivity index (χ4n) is 2.77. The van der Waals surface area contributed by atoms with E-state index in [2.05, 4.69) is 48.6 Å². The van der Waals surface area contributed by atoms with Gasteiger partial charge >= 0.3 is 0 Å². The van der Waals surface area contributed by atoms with Crippen molar-refractivity contribution in [3.63, 3.8) is 0 Å². The third kappa shape index (κ3) is 6.87. The molecule has 2 aromatic carbocycles. The van der Waals surface area contributed by atoms with Gasteiger partial charge in [0.05, 0.1) is 6.10 Å². The van der Waals surface area contributed by atoms with Crippen LogP contribution in [0.2, 0.25) is 0 Å². The molecule has 0 heterocycles. The van der Waals surface area contributed by atoms with Crippen molar-refractivity contribution in [2.24, 2.45) is 0 Å². The predicted octanol–water partition coefficient (Wildman–Crippen LogP) is 5.69. The molecule has 0 spiro atoms. The second-order valence-corrected chi connectivity index (χ2v) is 6.25. The van der Waals surface area contributed by atoms with E-state index >= 15 is 0 Å². The molecule has 23 heavy (non-hydrogen) atoms. The molecule has 0 aliphatic heterocycles. The second-order valence-electron chi connectivity index (χ2n) is 6.25. The number of para-hydroxylation sites is 1. The van der Waals surface area contributed by atoms with E-state index < -0.39 is 0 Å². The first kappa shape index (κ1) is 17.6. The molecule has 2 heteroatoms. The van der Waals surface area contributed by atoms with E-state index in [0.717, 1.165) is 30.6 Å². The molecular weight excluding hydrogens is 282 g/mol. The SMILES string of the molecule is CCCCCCCC(O)Cc1ccc(Nc2ccccc2)cc1. The van der Waals surface area contributed by atoms with Crippen LogP contribution >= 0.6 is 0 Å². The number of benzene rings is 2. The minimum absolute atomic E-state index is 0.218. The highest BCUT2D eigenvalue weighted by Gasteiger charge is 2.05. The number of hydrogen-bond acceptors (Lipinski definition) is 2. The van der Waals surface area contributed by atoms with Gasteiger partial charge in [-0.15, -0.1) is 0 Å². The quantitative estimate of drug-likeness (QED) is 0.552. The summed E-state index contributed by atoms with van der Waals surface area (Å²) in [5.74, 6) is 0. The molecule has 124 valence electrons. The van der Waals surface area contributed by atoms with Crippen LogP contribution in [0.4, 0.5) is 11.4 Å². The zero-order valence-corrected chi connectivity index (χ0v) is 14.2. The summed E-state index contributed by atoms with van der Waals surface area (Å²) in [7, 11) is 0. The summed E-state index contributed by atoms with van der Waals surface area (Å²) in [6.45, 7) is 2.23. The molecule has 0 saturated heterocycles. The van der Waals surface area contributed by atoms with Gasteiger partial charge in [0.25, 0.3) is 0 Å². The van der Waals surface area contributed by atoms with E-state index in [1.165, 1.54) is 31.2 Å². The minimum atomic E-state index is -0.218. The van der Waals surface area contributed by atoms with Crippen LogP contribution in [-0.4, -0.2) is 11.2 Å². The zero-order valence-electron chi connectivity index (χ0n) is 14.2. The monoisotopic (exact) mass is 311 g/mol. The lowest BCUT2D eigenvalue weighted by Gasteiger charge is -2.12. The molecule has 2 nitrogen and oxygen atoms in total. The lowest BCUT2D eigenvalue weighted by atomic mass is 10.0. The Morgan fingerprint density at radius 1 is 0.826 bits per heavy atom. The Hall–Kier alpha value is -1.80. The van der Waals surface area contributed by atoms with Crippen LogP contribution in [0.5, 0.6) is 0 Å². The van der Waals surface area contributed by atoms with Crippen molar-refractivity contribution in [1.29, 1.82) is 0 Å². The molecule has 1 atom stereocenters. The van der Waals surface area contributed by atoms with Crippen molar-refractivity contribution < 1.29 is 5.11 Å². The van der Waals surface area contributed by atoms with Gasteiger partial charge < -0.3 is 10.4 Å². The Labute approximate surface area is 140 Å². The van der Waals surface area contributed by atoms with E-state index in [1.807, 2.05) is 18.2 Å². The molecule has 0 aromatic heterocycles. The first-order chi connectivity index (χ1) is 11.3. The van der Waals surface area contributed by atoms with Crippen LogP contribution in [0.1, 0.15) is 51.0 Å². The highest BCUT2D eigenvalue weighted by atomic mass is 16.3. The normalized spacial score (nSPS) is 12.1. The standard InChI is InChI=1S/C21H29NO/c1-2-3-4-5-9-12-21(23)17-18-13-15-20(16-14-18)22-19-10-7-6-8-11-19/h6-8,10-11,13-16,21-23H,2-5,9,12,17H2,1H3. The second kappa shape index (κ2) is 10.1. The topological polar surface area (TPSA) is 32.3 Å². The molecule has 0 aliphatic carbocycles. The van der Waals surface area contributed by atoms with Gasteiger partial charge in [0.15, 0.2) is 0 Å². The predicted molar refractivity (Wildman–Crippen MR) is 99.3 cm³/mol. The fourth-order valence-corrected chi connectivity index (χ4v) is 2.77. The maximum absolute atomic E-state index is 10.1. The van der Waals surface area contributed by atoms with Gasteiger partial charge in [-0.2, -0.15) is 0 Å². The third-order valence-corrected chi connectivity index (χ3v) is 4.13. The van der Waals surface area contributed by atoms with Crippen molar-refractivity contribution in [3.8, 4) is 0 Å². The van der Waals surface area contributed by atoms with E-state index in [1.54, 1.807) is 0 Å². The maximum atomic E-state index is 10.1. The third-order valence-electron chi connectivity index (χ3n) is 4.13. The first-order valence-electron chi connectivity index (χ1n) is 8.87. The van der Waals surface area contributed by atoms with Crippen molar-refractivity contribution in [2.45, 2.75) is 58.0 Å². The van der Waals surface area contributed by atoms with E-state index in [4.69, 9.17) is 0 Å². The van der Waals surface area contributed by atoms with Gasteiger partial charge in [0.2, 0.25) is 0 Å². The number of aliphatic hydroxyl groups excluding tert-OH is 1.